The van der Waals surface area contributed by atoms with Gasteiger partial charge < -0.3 is 4.74 Å². The highest BCUT2D eigenvalue weighted by Crippen LogP contribution is 2.08. The van der Waals surface area contributed by atoms with Crippen LogP contribution in [0.5, 0.6) is 5.75 Å². The molecule has 0 fully saturated rings. The Kier molecular flexibility index (Phi) is 2.27. The summed E-state index contributed by atoms with van der Waals surface area (Å²) < 4.78 is 6.08. The van der Waals surface area contributed by atoms with Gasteiger partial charge in [-0.2, -0.15) is 9.78 Å². The van der Waals surface area contributed by atoms with Gasteiger partial charge in [-0.05, 0) is 18.2 Å². The maximum atomic E-state index is 11.3. The molecule has 4 nitrogen and oxygen atoms in total. The monoisotopic (exact) mass is 187 g/mol. The van der Waals surface area contributed by atoms with E-state index in [0.29, 0.717) is 5.75 Å². The molecule has 1 aromatic heterocycles. The molecule has 0 aliphatic carbocycles. The van der Waals surface area contributed by atoms with Crippen LogP contribution < -0.4 is 4.74 Å². The van der Waals surface area contributed by atoms with Crippen LogP contribution in [0.15, 0.2) is 42.6 Å². The van der Waals surface area contributed by atoms with Crippen molar-refractivity contribution in [2.75, 3.05) is 0 Å². The lowest BCUT2D eigenvalue weighted by Gasteiger charge is -2.02. The number of aromatic nitrogens is 2. The predicted octanol–water partition coefficient (Wildman–Crippen LogP) is 1.73. The zero-order valence-corrected chi connectivity index (χ0v) is 7.25. The Balaban J connectivity index is 2.10. The topological polar surface area (TPSA) is 44.1 Å². The molecule has 14 heavy (non-hydrogen) atoms. The van der Waals surface area contributed by atoms with Crippen molar-refractivity contribution in [2.24, 2.45) is 0 Å². The third kappa shape index (κ3) is 1.80. The van der Waals surface area contributed by atoms with Gasteiger partial charge in [-0.3, -0.25) is 0 Å². The lowest BCUT2D eigenvalue weighted by atomic mass is 10.3. The van der Waals surface area contributed by atoms with Crippen LogP contribution >= 0.6 is 0 Å². The van der Waals surface area contributed by atoms with Crippen LogP contribution in [0.4, 0.5) is 4.79 Å². The van der Waals surface area contributed by atoms with E-state index in [4.69, 9.17) is 4.74 Å². The SMILES string of the molecule is O=C(Oc1ccccc1)n1cc[c]n1. The highest BCUT2D eigenvalue weighted by atomic mass is 16.6. The third-order valence-corrected chi connectivity index (χ3v) is 1.59. The van der Waals surface area contributed by atoms with Gasteiger partial charge in [-0.1, -0.05) is 18.2 Å². The summed E-state index contributed by atoms with van der Waals surface area (Å²) in [6, 6.07) is 10.4. The molecule has 0 N–H and O–H groups in total. The van der Waals surface area contributed by atoms with Crippen molar-refractivity contribution in [1.82, 2.24) is 9.78 Å². The largest absolute Gasteiger partial charge is 0.440 e. The van der Waals surface area contributed by atoms with E-state index < -0.39 is 6.09 Å². The molecule has 1 aromatic carbocycles. The summed E-state index contributed by atoms with van der Waals surface area (Å²) in [4.78, 5) is 11.3. The number of para-hydroxylation sites is 1. The van der Waals surface area contributed by atoms with Gasteiger partial charge >= 0.3 is 6.09 Å². The molecule has 69 valence electrons. The normalized spacial score (nSPS) is 9.71. The van der Waals surface area contributed by atoms with Crippen molar-refractivity contribution >= 4 is 6.09 Å². The van der Waals surface area contributed by atoms with E-state index in [1.807, 2.05) is 6.07 Å². The van der Waals surface area contributed by atoms with Gasteiger partial charge in [0.15, 0.2) is 0 Å². The molecule has 0 aliphatic heterocycles. The molecule has 0 saturated carbocycles. The molecule has 0 unspecified atom stereocenters. The summed E-state index contributed by atoms with van der Waals surface area (Å²) in [5.41, 5.74) is 0. The zero-order chi connectivity index (χ0) is 9.80. The summed E-state index contributed by atoms with van der Waals surface area (Å²) in [5.74, 6) is 0.494. The zero-order valence-electron chi connectivity index (χ0n) is 7.25. The highest BCUT2D eigenvalue weighted by Gasteiger charge is 2.06. The second-order valence-electron chi connectivity index (χ2n) is 2.57. The summed E-state index contributed by atoms with van der Waals surface area (Å²) in [6.07, 6.45) is 3.44. The van der Waals surface area contributed by atoms with Crippen molar-refractivity contribution < 1.29 is 9.53 Å². The van der Waals surface area contributed by atoms with Crippen LogP contribution in [0.25, 0.3) is 0 Å². The molecule has 4 heteroatoms. The van der Waals surface area contributed by atoms with E-state index in [2.05, 4.69) is 11.3 Å². The van der Waals surface area contributed by atoms with E-state index in [9.17, 15) is 4.79 Å². The maximum Gasteiger partial charge on any atom is 0.440 e. The average Bonchev–Trinajstić information content (AvgIpc) is 2.72. The third-order valence-electron chi connectivity index (χ3n) is 1.59. The molecular formula is C10H7N2O2. The maximum absolute atomic E-state index is 11.3. The fourth-order valence-corrected chi connectivity index (χ4v) is 0.971. The number of hydrogen-bond acceptors (Lipinski definition) is 3. The second kappa shape index (κ2) is 3.74. The van der Waals surface area contributed by atoms with Gasteiger partial charge in [0.1, 0.15) is 11.9 Å². The Morgan fingerprint density at radius 1 is 1.36 bits per heavy atom. The number of nitrogens with zero attached hydrogens (tertiary/aromatic N) is 2. The Bertz CT molecular complexity index is 409. The second-order valence-corrected chi connectivity index (χ2v) is 2.57. The average molecular weight is 187 g/mol. The summed E-state index contributed by atoms with van der Waals surface area (Å²) in [7, 11) is 0. The molecule has 2 rings (SSSR count). The molecule has 0 aliphatic rings. The molecule has 1 radical (unpaired) electrons. The van der Waals surface area contributed by atoms with Crippen molar-refractivity contribution in [3.63, 3.8) is 0 Å². The van der Waals surface area contributed by atoms with Crippen LogP contribution in [-0.4, -0.2) is 15.9 Å². The van der Waals surface area contributed by atoms with E-state index in [0.717, 1.165) is 4.68 Å². The van der Waals surface area contributed by atoms with Crippen LogP contribution in [-0.2, 0) is 0 Å². The van der Waals surface area contributed by atoms with Crippen LogP contribution in [0.2, 0.25) is 0 Å². The number of rotatable bonds is 1. The Morgan fingerprint density at radius 2 is 2.14 bits per heavy atom. The van der Waals surface area contributed by atoms with Crippen molar-refractivity contribution in [3.8, 4) is 5.75 Å². The number of hydrogen-bond donors (Lipinski definition) is 0. The molecule has 2 aromatic rings. The molecule has 1 heterocycles. The first-order valence-electron chi connectivity index (χ1n) is 4.05. The number of carbonyl (C=O) groups excluding carboxylic acids is 1. The first kappa shape index (κ1) is 8.50. The summed E-state index contributed by atoms with van der Waals surface area (Å²) in [6.45, 7) is 0. The quantitative estimate of drug-likeness (QED) is 0.682. The van der Waals surface area contributed by atoms with E-state index in [-0.39, 0.29) is 0 Å². The van der Waals surface area contributed by atoms with Gasteiger partial charge in [0.25, 0.3) is 0 Å². The Labute approximate surface area is 80.7 Å². The Hall–Kier alpha value is -2.10. The number of benzene rings is 1. The van der Waals surface area contributed by atoms with E-state index >= 15 is 0 Å². The minimum absolute atomic E-state index is 0.494. The van der Waals surface area contributed by atoms with Gasteiger partial charge in [-0.15, -0.1) is 0 Å². The summed E-state index contributed by atoms with van der Waals surface area (Å²) >= 11 is 0. The molecule has 0 amide bonds. The lowest BCUT2D eigenvalue weighted by molar-refractivity contribution is 0.198. The van der Waals surface area contributed by atoms with E-state index in [1.165, 1.54) is 12.3 Å². The minimum atomic E-state index is -0.544. The van der Waals surface area contributed by atoms with E-state index in [1.54, 1.807) is 24.3 Å². The smallest absolute Gasteiger partial charge is 0.409 e. The standard InChI is InChI=1S/C10H7N2O2/c13-10(12-8-4-7-11-12)14-9-5-2-1-3-6-9/h1-6,8H. The summed E-state index contributed by atoms with van der Waals surface area (Å²) in [5, 5.41) is 3.63. The van der Waals surface area contributed by atoms with Gasteiger partial charge in [0, 0.05) is 6.20 Å². The molecule has 0 saturated heterocycles. The van der Waals surface area contributed by atoms with Crippen LogP contribution in [0, 0.1) is 6.20 Å². The Morgan fingerprint density at radius 3 is 2.79 bits per heavy atom. The molecular weight excluding hydrogens is 180 g/mol. The minimum Gasteiger partial charge on any atom is -0.409 e. The fourth-order valence-electron chi connectivity index (χ4n) is 0.971. The van der Waals surface area contributed by atoms with Crippen molar-refractivity contribution in [1.29, 1.82) is 0 Å². The molecule has 0 bridgehead atoms. The molecule has 0 atom stereocenters. The molecule has 0 spiro atoms. The van der Waals surface area contributed by atoms with Gasteiger partial charge in [0.2, 0.25) is 0 Å². The predicted molar refractivity (Wildman–Crippen MR) is 48.9 cm³/mol. The van der Waals surface area contributed by atoms with Crippen LogP contribution in [0.3, 0.4) is 0 Å². The number of ether oxygens (including phenoxy) is 1. The van der Waals surface area contributed by atoms with Gasteiger partial charge in [0.05, 0.1) is 0 Å². The van der Waals surface area contributed by atoms with Crippen molar-refractivity contribution in [2.45, 2.75) is 0 Å². The first-order valence-corrected chi connectivity index (χ1v) is 4.05. The lowest BCUT2D eigenvalue weighted by Crippen LogP contribution is -2.16. The fraction of sp³-hybridized carbons (Fsp3) is 0. The highest BCUT2D eigenvalue weighted by molar-refractivity contribution is 5.71. The van der Waals surface area contributed by atoms with Crippen molar-refractivity contribution in [3.05, 3.63) is 48.8 Å². The van der Waals surface area contributed by atoms with Gasteiger partial charge in [-0.25, -0.2) is 4.79 Å². The first-order chi connectivity index (χ1) is 6.86. The number of carbonyl (C=O) groups is 1. The van der Waals surface area contributed by atoms with Crippen LogP contribution in [0.1, 0.15) is 0 Å².